The molecule has 9 nitrogen and oxygen atoms in total. The Kier molecular flexibility index (Phi) is 6.60. The molecule has 2 aromatic heterocycles. The van der Waals surface area contributed by atoms with Gasteiger partial charge in [-0.05, 0) is 35.9 Å². The molecule has 0 saturated carbocycles. The fourth-order valence-electron chi connectivity index (χ4n) is 3.44. The number of rotatable bonds is 8. The highest BCUT2D eigenvalue weighted by atomic mass is 32.2. The summed E-state index contributed by atoms with van der Waals surface area (Å²) in [5.74, 6) is -0.112. The average Bonchev–Trinajstić information content (AvgIpc) is 2.86. The van der Waals surface area contributed by atoms with Crippen molar-refractivity contribution in [3.63, 3.8) is 0 Å². The van der Waals surface area contributed by atoms with Gasteiger partial charge in [0.2, 0.25) is 0 Å². The highest BCUT2D eigenvalue weighted by Gasteiger charge is 2.19. The van der Waals surface area contributed by atoms with E-state index in [1.54, 1.807) is 49.9 Å². The number of benzene rings is 2. The number of fused-ring (bicyclic) bond motifs is 1. The Morgan fingerprint density at radius 3 is 2.65 bits per heavy atom. The maximum Gasteiger partial charge on any atom is 0.265 e. The number of nitrogens with one attached hydrogen (secondary N) is 2. The van der Waals surface area contributed by atoms with Gasteiger partial charge in [0.25, 0.3) is 10.0 Å². The Balaban J connectivity index is 1.68. The molecule has 0 fully saturated rings. The predicted octanol–water partition coefficient (Wildman–Crippen LogP) is 3.93. The van der Waals surface area contributed by atoms with Crippen LogP contribution >= 0.6 is 0 Å². The molecule has 2 heterocycles. The van der Waals surface area contributed by atoms with Gasteiger partial charge in [0.15, 0.2) is 0 Å². The monoisotopic (exact) mass is 474 g/mol. The van der Waals surface area contributed by atoms with Crippen molar-refractivity contribution in [1.29, 1.82) is 5.41 Å². The molecule has 4 rings (SSSR count). The Bertz CT molecular complexity index is 1490. The number of pyridine rings is 1. The van der Waals surface area contributed by atoms with Gasteiger partial charge in [-0.25, -0.2) is 13.4 Å². The van der Waals surface area contributed by atoms with Crippen molar-refractivity contribution in [1.82, 2.24) is 15.0 Å². The van der Waals surface area contributed by atoms with Crippen molar-refractivity contribution < 1.29 is 13.2 Å². The number of aliphatic imine (C=N–C) groups is 1. The maximum absolute atomic E-state index is 12.9. The van der Waals surface area contributed by atoms with E-state index in [1.807, 2.05) is 18.2 Å². The van der Waals surface area contributed by atoms with Crippen molar-refractivity contribution in [2.45, 2.75) is 10.8 Å². The fourth-order valence-corrected chi connectivity index (χ4v) is 4.64. The van der Waals surface area contributed by atoms with Crippen LogP contribution in [-0.4, -0.2) is 50.0 Å². The topological polar surface area (TPSA) is 130 Å². The highest BCUT2D eigenvalue weighted by Crippen LogP contribution is 2.28. The van der Waals surface area contributed by atoms with Crippen molar-refractivity contribution >= 4 is 39.2 Å². The number of aromatic nitrogens is 3. The second-order valence-corrected chi connectivity index (χ2v) is 8.97. The molecule has 2 aromatic carbocycles. The van der Waals surface area contributed by atoms with Gasteiger partial charge in [0.05, 0.1) is 47.8 Å². The van der Waals surface area contributed by atoms with Crippen LogP contribution in [0.3, 0.4) is 0 Å². The summed E-state index contributed by atoms with van der Waals surface area (Å²) in [5, 5.41) is 7.61. The van der Waals surface area contributed by atoms with E-state index in [9.17, 15) is 8.42 Å². The zero-order chi connectivity index (χ0) is 24.1. The third-order valence-electron chi connectivity index (χ3n) is 5.07. The number of hydrogen-bond donors (Lipinski definition) is 2. The van der Waals surface area contributed by atoms with Crippen molar-refractivity contribution in [2.75, 3.05) is 18.9 Å². The lowest BCUT2D eigenvalue weighted by Gasteiger charge is -2.12. The summed E-state index contributed by atoms with van der Waals surface area (Å²) in [6.07, 6.45) is 7.60. The van der Waals surface area contributed by atoms with Crippen LogP contribution < -0.4 is 9.46 Å². The minimum Gasteiger partial charge on any atom is -0.495 e. The molecule has 0 aliphatic carbocycles. The van der Waals surface area contributed by atoms with Gasteiger partial charge in [-0.1, -0.05) is 18.2 Å². The van der Waals surface area contributed by atoms with Crippen LogP contribution in [0.15, 0.2) is 77.0 Å². The Hall–Kier alpha value is -4.18. The quantitative estimate of drug-likeness (QED) is 0.372. The van der Waals surface area contributed by atoms with Crippen LogP contribution in [0.2, 0.25) is 0 Å². The van der Waals surface area contributed by atoms with E-state index in [0.29, 0.717) is 28.0 Å². The molecule has 0 aliphatic rings. The van der Waals surface area contributed by atoms with Crippen LogP contribution in [-0.2, 0) is 10.0 Å². The minimum atomic E-state index is -3.88. The van der Waals surface area contributed by atoms with E-state index < -0.39 is 10.0 Å². The second kappa shape index (κ2) is 9.75. The summed E-state index contributed by atoms with van der Waals surface area (Å²) in [5.41, 5.74) is 3.76. The molecule has 0 saturated heterocycles. The Morgan fingerprint density at radius 2 is 1.88 bits per heavy atom. The molecule has 2 N–H and O–H groups in total. The lowest BCUT2D eigenvalue weighted by Crippen LogP contribution is -2.14. The van der Waals surface area contributed by atoms with Crippen LogP contribution in [0.4, 0.5) is 5.69 Å². The highest BCUT2D eigenvalue weighted by molar-refractivity contribution is 7.92. The standard InChI is InChI=1S/C24H22N6O3S/c1-26-12-18(11-25)22-15-28-20-8-7-16(10-21(20)29-22)17-9-19(14-27-13-17)30-34(31,32)24-6-4-3-5-23(24)33-2/h3-15,18,25,30H,1-2H3. The molecule has 172 valence electrons. The SMILES string of the molecule is CN=CC(C=N)c1cnc2ccc(-c3cncc(NS(=O)(=O)c4ccccc4OC)c3)cc2n1. The molecule has 4 aromatic rings. The van der Waals surface area contributed by atoms with Crippen molar-refractivity contribution in [3.8, 4) is 16.9 Å². The van der Waals surface area contributed by atoms with Crippen LogP contribution in [0.1, 0.15) is 11.6 Å². The van der Waals surface area contributed by atoms with Gasteiger partial charge in [0.1, 0.15) is 10.6 Å². The molecular weight excluding hydrogens is 452 g/mol. The molecule has 34 heavy (non-hydrogen) atoms. The van der Waals surface area contributed by atoms with E-state index >= 15 is 0 Å². The second-order valence-electron chi connectivity index (χ2n) is 7.32. The van der Waals surface area contributed by atoms with E-state index in [1.165, 1.54) is 25.6 Å². The van der Waals surface area contributed by atoms with Crippen molar-refractivity contribution in [2.24, 2.45) is 4.99 Å². The zero-order valence-electron chi connectivity index (χ0n) is 18.5. The van der Waals surface area contributed by atoms with Gasteiger partial charge in [-0.15, -0.1) is 0 Å². The third kappa shape index (κ3) is 4.76. The van der Waals surface area contributed by atoms with Gasteiger partial charge >= 0.3 is 0 Å². The molecule has 0 bridgehead atoms. The molecule has 0 radical (unpaired) electrons. The van der Waals surface area contributed by atoms with Crippen LogP contribution in [0.5, 0.6) is 5.75 Å². The van der Waals surface area contributed by atoms with Gasteiger partial charge in [-0.2, -0.15) is 0 Å². The lowest BCUT2D eigenvalue weighted by atomic mass is 10.1. The van der Waals surface area contributed by atoms with Gasteiger partial charge < -0.3 is 10.1 Å². The molecule has 1 unspecified atom stereocenters. The molecule has 0 spiro atoms. The average molecular weight is 475 g/mol. The molecule has 0 aliphatic heterocycles. The van der Waals surface area contributed by atoms with E-state index in [-0.39, 0.29) is 16.6 Å². The number of ether oxygens (including phenoxy) is 1. The normalized spacial score (nSPS) is 12.5. The summed E-state index contributed by atoms with van der Waals surface area (Å²) in [6, 6.07) is 13.6. The largest absolute Gasteiger partial charge is 0.495 e. The number of hydrogen-bond acceptors (Lipinski definition) is 8. The van der Waals surface area contributed by atoms with Crippen LogP contribution in [0.25, 0.3) is 22.2 Å². The summed E-state index contributed by atoms with van der Waals surface area (Å²) in [6.45, 7) is 0. The third-order valence-corrected chi connectivity index (χ3v) is 6.49. The molecule has 0 amide bonds. The Morgan fingerprint density at radius 1 is 1.06 bits per heavy atom. The number of anilines is 1. The first-order chi connectivity index (χ1) is 16.4. The number of sulfonamides is 1. The Labute approximate surface area is 197 Å². The summed E-state index contributed by atoms with van der Waals surface area (Å²) in [7, 11) is -0.820. The van der Waals surface area contributed by atoms with Gasteiger partial charge in [0, 0.05) is 31.2 Å². The molecular formula is C24H22N6O3S. The van der Waals surface area contributed by atoms with Gasteiger partial charge in [-0.3, -0.25) is 19.7 Å². The summed E-state index contributed by atoms with van der Waals surface area (Å²) >= 11 is 0. The van der Waals surface area contributed by atoms with Crippen molar-refractivity contribution in [3.05, 3.63) is 72.8 Å². The summed E-state index contributed by atoms with van der Waals surface area (Å²) in [4.78, 5) is 17.3. The number of para-hydroxylation sites is 1. The zero-order valence-corrected chi connectivity index (χ0v) is 19.3. The smallest absolute Gasteiger partial charge is 0.265 e. The summed E-state index contributed by atoms with van der Waals surface area (Å²) < 4.78 is 33.6. The minimum absolute atomic E-state index is 0.0350. The van der Waals surface area contributed by atoms with E-state index in [2.05, 4.69) is 24.7 Å². The first kappa shape index (κ1) is 23.0. The van der Waals surface area contributed by atoms with Crippen LogP contribution in [0, 0.1) is 5.41 Å². The molecule has 1 atom stereocenters. The van der Waals surface area contributed by atoms with E-state index in [4.69, 9.17) is 10.1 Å². The fraction of sp³-hybridized carbons (Fsp3) is 0.125. The number of methoxy groups -OCH3 is 1. The first-order valence-electron chi connectivity index (χ1n) is 10.3. The molecule has 10 heteroatoms. The lowest BCUT2D eigenvalue weighted by molar-refractivity contribution is 0.403. The predicted molar refractivity (Wildman–Crippen MR) is 133 cm³/mol. The van der Waals surface area contributed by atoms with E-state index in [0.717, 1.165) is 5.56 Å². The first-order valence-corrected chi connectivity index (χ1v) is 11.7. The maximum atomic E-state index is 12.9. The number of nitrogens with zero attached hydrogens (tertiary/aromatic N) is 4.